The maximum absolute atomic E-state index is 13.5. The molecule has 2 fully saturated rings. The van der Waals surface area contributed by atoms with Gasteiger partial charge in [0.05, 0.1) is 23.6 Å². The van der Waals surface area contributed by atoms with Crippen molar-refractivity contribution in [3.05, 3.63) is 48.0 Å². The van der Waals surface area contributed by atoms with E-state index in [9.17, 15) is 18.0 Å². The van der Waals surface area contributed by atoms with Crippen LogP contribution in [0, 0.1) is 11.8 Å². The molecule has 2 heterocycles. The van der Waals surface area contributed by atoms with Gasteiger partial charge in [0.25, 0.3) is 0 Å². The lowest BCUT2D eigenvalue weighted by atomic mass is 9.98. The summed E-state index contributed by atoms with van der Waals surface area (Å²) in [5, 5.41) is 2.89. The van der Waals surface area contributed by atoms with Crippen LogP contribution in [-0.2, 0) is 26.0 Å². The van der Waals surface area contributed by atoms with Crippen LogP contribution >= 0.6 is 0 Å². The lowest BCUT2D eigenvalue weighted by Gasteiger charge is -2.31. The molecule has 1 N–H and O–H groups in total. The highest BCUT2D eigenvalue weighted by atomic mass is 32.2. The number of amides is 2. The number of benzene rings is 2. The van der Waals surface area contributed by atoms with Gasteiger partial charge in [-0.2, -0.15) is 4.31 Å². The molecule has 2 atom stereocenters. The third-order valence-electron chi connectivity index (χ3n) is 7.19. The van der Waals surface area contributed by atoms with Crippen LogP contribution in [-0.4, -0.2) is 50.8 Å². The fourth-order valence-corrected chi connectivity index (χ4v) is 6.71. The standard InChI is InChI=1S/C26H31N3O5S/c1-17-14-20-15-21(11-12-23(20)29(17)26(31)18-9-10-18)35(32,33)28-13-5-6-19(16-28)25(30)27-22-7-3-4-8-24(22)34-2/h3-4,7-8,11-12,15,17-19H,5-6,9-10,13-14,16H2,1-2H3,(H,27,30)/t17-,19-/m1/s1. The van der Waals surface area contributed by atoms with Crippen LogP contribution in [0.5, 0.6) is 5.75 Å². The predicted molar refractivity (Wildman–Crippen MR) is 133 cm³/mol. The molecule has 2 aromatic carbocycles. The number of piperidine rings is 1. The predicted octanol–water partition coefficient (Wildman–Crippen LogP) is 3.42. The van der Waals surface area contributed by atoms with Crippen LogP contribution in [0.2, 0.25) is 0 Å². The van der Waals surface area contributed by atoms with E-state index in [1.165, 1.54) is 4.31 Å². The number of para-hydroxylation sites is 2. The second-order valence-electron chi connectivity index (χ2n) is 9.72. The minimum Gasteiger partial charge on any atom is -0.495 e. The van der Waals surface area contributed by atoms with Crippen LogP contribution in [0.15, 0.2) is 47.4 Å². The van der Waals surface area contributed by atoms with Crippen molar-refractivity contribution in [2.75, 3.05) is 30.4 Å². The van der Waals surface area contributed by atoms with E-state index in [1.54, 1.807) is 37.4 Å². The second-order valence-corrected chi connectivity index (χ2v) is 11.7. The third kappa shape index (κ3) is 4.54. The number of nitrogens with zero attached hydrogens (tertiary/aromatic N) is 2. The van der Waals surface area contributed by atoms with Crippen molar-refractivity contribution >= 4 is 33.2 Å². The molecule has 0 spiro atoms. The summed E-state index contributed by atoms with van der Waals surface area (Å²) in [5.41, 5.74) is 2.27. The molecule has 2 aromatic rings. The molecule has 9 heteroatoms. The number of rotatable bonds is 6. The van der Waals surface area contributed by atoms with Crippen LogP contribution in [0.3, 0.4) is 0 Å². The number of anilines is 2. The Morgan fingerprint density at radius 1 is 1.06 bits per heavy atom. The lowest BCUT2D eigenvalue weighted by molar-refractivity contribution is -0.121. The monoisotopic (exact) mass is 497 g/mol. The van der Waals surface area contributed by atoms with Crippen molar-refractivity contribution in [3.63, 3.8) is 0 Å². The summed E-state index contributed by atoms with van der Waals surface area (Å²) in [6, 6.07) is 12.2. The van der Waals surface area contributed by atoms with Gasteiger partial charge in [0.15, 0.2) is 0 Å². The first-order valence-corrected chi connectivity index (χ1v) is 13.6. The molecular formula is C26H31N3O5S. The van der Waals surface area contributed by atoms with E-state index in [0.29, 0.717) is 37.2 Å². The van der Waals surface area contributed by atoms with Gasteiger partial charge >= 0.3 is 0 Å². The number of sulfonamides is 1. The summed E-state index contributed by atoms with van der Waals surface area (Å²) in [6.45, 7) is 2.51. The Balaban J connectivity index is 1.32. The Kier molecular flexibility index (Phi) is 6.31. The van der Waals surface area contributed by atoms with E-state index in [1.807, 2.05) is 24.0 Å². The molecule has 8 nitrogen and oxygen atoms in total. The normalized spacial score (nSPS) is 22.5. The summed E-state index contributed by atoms with van der Waals surface area (Å²) in [4.78, 5) is 27.8. The van der Waals surface area contributed by atoms with Crippen molar-refractivity contribution in [3.8, 4) is 5.75 Å². The average Bonchev–Trinajstić information content (AvgIpc) is 3.66. The molecule has 5 rings (SSSR count). The Morgan fingerprint density at radius 2 is 1.83 bits per heavy atom. The number of fused-ring (bicyclic) bond motifs is 1. The van der Waals surface area contributed by atoms with Gasteiger partial charge in [-0.05, 0) is 74.9 Å². The molecular weight excluding hydrogens is 466 g/mol. The fourth-order valence-electron chi connectivity index (χ4n) is 5.14. The minimum atomic E-state index is -3.77. The molecule has 0 radical (unpaired) electrons. The molecule has 186 valence electrons. The Hall–Kier alpha value is -2.91. The third-order valence-corrected chi connectivity index (χ3v) is 9.05. The van der Waals surface area contributed by atoms with E-state index < -0.39 is 15.9 Å². The first-order chi connectivity index (χ1) is 16.8. The van der Waals surface area contributed by atoms with Crippen LogP contribution in [0.25, 0.3) is 0 Å². The first kappa shape index (κ1) is 23.8. The minimum absolute atomic E-state index is 0.0223. The van der Waals surface area contributed by atoms with Gasteiger partial charge in [-0.3, -0.25) is 9.59 Å². The second kappa shape index (κ2) is 9.28. The van der Waals surface area contributed by atoms with Crippen molar-refractivity contribution in [1.82, 2.24) is 4.31 Å². The average molecular weight is 498 g/mol. The zero-order chi connectivity index (χ0) is 24.7. The topological polar surface area (TPSA) is 96.0 Å². The van der Waals surface area contributed by atoms with Gasteiger partial charge in [0.2, 0.25) is 21.8 Å². The van der Waals surface area contributed by atoms with Gasteiger partial charge in [0, 0.05) is 30.7 Å². The largest absolute Gasteiger partial charge is 0.495 e. The summed E-state index contributed by atoms with van der Waals surface area (Å²) < 4.78 is 33.8. The molecule has 1 saturated carbocycles. The fraction of sp³-hybridized carbons (Fsp3) is 0.462. The van der Waals surface area contributed by atoms with Gasteiger partial charge < -0.3 is 15.0 Å². The number of hydrogen-bond acceptors (Lipinski definition) is 5. The number of carbonyl (C=O) groups is 2. The number of methoxy groups -OCH3 is 1. The van der Waals surface area contributed by atoms with E-state index in [-0.39, 0.29) is 35.2 Å². The van der Waals surface area contributed by atoms with Gasteiger partial charge in [-0.1, -0.05) is 12.1 Å². The molecule has 1 saturated heterocycles. The van der Waals surface area contributed by atoms with E-state index in [2.05, 4.69) is 5.32 Å². The zero-order valence-corrected chi connectivity index (χ0v) is 20.9. The van der Waals surface area contributed by atoms with Crippen molar-refractivity contribution < 1.29 is 22.7 Å². The Bertz CT molecular complexity index is 1260. The van der Waals surface area contributed by atoms with Gasteiger partial charge in [0.1, 0.15) is 5.75 Å². The highest BCUT2D eigenvalue weighted by molar-refractivity contribution is 7.89. The molecule has 35 heavy (non-hydrogen) atoms. The van der Waals surface area contributed by atoms with Crippen LogP contribution in [0.4, 0.5) is 11.4 Å². The van der Waals surface area contributed by atoms with Crippen molar-refractivity contribution in [2.45, 2.75) is 50.0 Å². The molecule has 2 aliphatic heterocycles. The molecule has 0 bridgehead atoms. The first-order valence-electron chi connectivity index (χ1n) is 12.2. The molecule has 3 aliphatic rings. The highest BCUT2D eigenvalue weighted by Gasteiger charge is 2.40. The molecule has 1 aliphatic carbocycles. The SMILES string of the molecule is COc1ccccc1NC(=O)[C@@H]1CCCN(S(=O)(=O)c2ccc3c(c2)C[C@@H](C)N3C(=O)C2CC2)C1. The Labute approximate surface area is 206 Å². The lowest BCUT2D eigenvalue weighted by Crippen LogP contribution is -2.43. The van der Waals surface area contributed by atoms with Crippen molar-refractivity contribution in [2.24, 2.45) is 11.8 Å². The van der Waals surface area contributed by atoms with Gasteiger partial charge in [-0.15, -0.1) is 0 Å². The van der Waals surface area contributed by atoms with Crippen LogP contribution in [0.1, 0.15) is 38.2 Å². The highest BCUT2D eigenvalue weighted by Crippen LogP contribution is 2.40. The Morgan fingerprint density at radius 3 is 2.57 bits per heavy atom. The summed E-state index contributed by atoms with van der Waals surface area (Å²) in [7, 11) is -2.23. The maximum atomic E-state index is 13.5. The molecule has 2 amide bonds. The number of carbonyl (C=O) groups excluding carboxylic acids is 2. The molecule has 0 unspecified atom stereocenters. The van der Waals surface area contributed by atoms with E-state index in [4.69, 9.17) is 4.74 Å². The summed E-state index contributed by atoms with van der Waals surface area (Å²) in [6.07, 6.45) is 3.73. The van der Waals surface area contributed by atoms with Crippen molar-refractivity contribution in [1.29, 1.82) is 0 Å². The molecule has 0 aromatic heterocycles. The number of ether oxygens (including phenoxy) is 1. The van der Waals surface area contributed by atoms with E-state index >= 15 is 0 Å². The number of nitrogens with one attached hydrogen (secondary N) is 1. The van der Waals surface area contributed by atoms with Gasteiger partial charge in [-0.25, -0.2) is 8.42 Å². The summed E-state index contributed by atoms with van der Waals surface area (Å²) in [5.74, 6) is 0.143. The number of hydrogen-bond donors (Lipinski definition) is 1. The van der Waals surface area contributed by atoms with Crippen LogP contribution < -0.4 is 15.0 Å². The van der Waals surface area contributed by atoms with E-state index in [0.717, 1.165) is 24.1 Å². The summed E-state index contributed by atoms with van der Waals surface area (Å²) >= 11 is 0. The zero-order valence-electron chi connectivity index (χ0n) is 20.1. The smallest absolute Gasteiger partial charge is 0.243 e. The quantitative estimate of drug-likeness (QED) is 0.660. The maximum Gasteiger partial charge on any atom is 0.243 e.